The van der Waals surface area contributed by atoms with Crippen LogP contribution in [0.1, 0.15) is 11.1 Å². The molecule has 6 heteroatoms. The van der Waals surface area contributed by atoms with Crippen LogP contribution < -0.4 is 11.1 Å². The summed E-state index contributed by atoms with van der Waals surface area (Å²) in [7, 11) is 0. The number of pyridine rings is 1. The molecule has 0 bridgehead atoms. The Labute approximate surface area is 108 Å². The molecule has 2 rings (SSSR count). The topological polar surface area (TPSA) is 50.9 Å². The van der Waals surface area contributed by atoms with Crippen molar-refractivity contribution in [2.75, 3.05) is 11.1 Å². The molecule has 0 atom stereocenters. The molecular formula is C13H12F3N3. The van der Waals surface area contributed by atoms with E-state index in [1.54, 1.807) is 24.3 Å². The Balaban J connectivity index is 2.16. The van der Waals surface area contributed by atoms with Crippen LogP contribution in [0.3, 0.4) is 0 Å². The van der Waals surface area contributed by atoms with Crippen molar-refractivity contribution >= 4 is 11.5 Å². The molecule has 0 amide bonds. The molecule has 0 radical (unpaired) electrons. The van der Waals surface area contributed by atoms with Crippen molar-refractivity contribution in [3.8, 4) is 0 Å². The molecular weight excluding hydrogens is 255 g/mol. The maximum Gasteiger partial charge on any atom is 0.419 e. The summed E-state index contributed by atoms with van der Waals surface area (Å²) in [6, 6.07) is 9.19. The van der Waals surface area contributed by atoms with Crippen LogP contribution in [0.15, 0.2) is 42.6 Å². The molecule has 0 saturated carbocycles. The van der Waals surface area contributed by atoms with E-state index in [9.17, 15) is 13.2 Å². The molecule has 0 unspecified atom stereocenters. The zero-order chi connectivity index (χ0) is 13.9. The van der Waals surface area contributed by atoms with Gasteiger partial charge in [-0.15, -0.1) is 0 Å². The monoisotopic (exact) mass is 267 g/mol. The molecule has 3 nitrogen and oxygen atoms in total. The Kier molecular flexibility index (Phi) is 3.59. The van der Waals surface area contributed by atoms with E-state index < -0.39 is 11.7 Å². The third kappa shape index (κ3) is 3.37. The molecule has 1 heterocycles. The van der Waals surface area contributed by atoms with Gasteiger partial charge in [0.15, 0.2) is 0 Å². The van der Waals surface area contributed by atoms with Crippen LogP contribution in [0.5, 0.6) is 0 Å². The summed E-state index contributed by atoms with van der Waals surface area (Å²) in [4.78, 5) is 3.72. The van der Waals surface area contributed by atoms with Gasteiger partial charge in [0.25, 0.3) is 0 Å². The van der Waals surface area contributed by atoms with Crippen LogP contribution in [0, 0.1) is 0 Å². The van der Waals surface area contributed by atoms with E-state index >= 15 is 0 Å². The maximum absolute atomic E-state index is 12.7. The molecule has 0 aliphatic carbocycles. The van der Waals surface area contributed by atoms with Crippen LogP contribution in [0.4, 0.5) is 24.7 Å². The Morgan fingerprint density at radius 1 is 1.16 bits per heavy atom. The van der Waals surface area contributed by atoms with Crippen LogP contribution in [-0.4, -0.2) is 4.98 Å². The Morgan fingerprint density at radius 3 is 2.63 bits per heavy atom. The normalized spacial score (nSPS) is 11.3. The number of rotatable bonds is 3. The number of nitrogens with zero attached hydrogens (tertiary/aromatic N) is 1. The van der Waals surface area contributed by atoms with E-state index in [-0.39, 0.29) is 12.4 Å². The molecule has 1 aromatic heterocycles. The molecule has 0 aliphatic rings. The molecule has 2 aromatic rings. The van der Waals surface area contributed by atoms with Crippen molar-refractivity contribution in [2.45, 2.75) is 12.7 Å². The molecule has 0 fully saturated rings. The summed E-state index contributed by atoms with van der Waals surface area (Å²) in [6.07, 6.45) is -3.11. The van der Waals surface area contributed by atoms with Gasteiger partial charge in [-0.05, 0) is 29.8 Å². The van der Waals surface area contributed by atoms with Crippen molar-refractivity contribution in [2.24, 2.45) is 0 Å². The highest BCUT2D eigenvalue weighted by Gasteiger charge is 2.33. The number of hydrogen-bond donors (Lipinski definition) is 2. The second kappa shape index (κ2) is 5.17. The minimum Gasteiger partial charge on any atom is -0.399 e. The van der Waals surface area contributed by atoms with Crippen molar-refractivity contribution in [3.63, 3.8) is 0 Å². The van der Waals surface area contributed by atoms with E-state index in [0.717, 1.165) is 11.6 Å². The maximum atomic E-state index is 12.7. The molecule has 3 N–H and O–H groups in total. The first-order valence-corrected chi connectivity index (χ1v) is 5.57. The molecule has 0 saturated heterocycles. The number of aromatic nitrogens is 1. The van der Waals surface area contributed by atoms with E-state index in [2.05, 4.69) is 10.3 Å². The quantitative estimate of drug-likeness (QED) is 0.839. The van der Waals surface area contributed by atoms with E-state index in [1.165, 1.54) is 12.3 Å². The van der Waals surface area contributed by atoms with Gasteiger partial charge in [-0.1, -0.05) is 12.1 Å². The van der Waals surface area contributed by atoms with Crippen molar-refractivity contribution in [3.05, 3.63) is 53.7 Å². The first-order chi connectivity index (χ1) is 8.97. The van der Waals surface area contributed by atoms with Gasteiger partial charge in [0.2, 0.25) is 0 Å². The summed E-state index contributed by atoms with van der Waals surface area (Å²) in [5, 5.41) is 2.68. The fraction of sp³-hybridized carbons (Fsp3) is 0.154. The second-order valence-electron chi connectivity index (χ2n) is 4.00. The molecule has 0 spiro atoms. The number of hydrogen-bond acceptors (Lipinski definition) is 3. The van der Waals surface area contributed by atoms with E-state index in [4.69, 9.17) is 5.73 Å². The Morgan fingerprint density at radius 2 is 1.95 bits per heavy atom. The SMILES string of the molecule is Nc1cccc(CNc2ncccc2C(F)(F)F)c1. The lowest BCUT2D eigenvalue weighted by atomic mass is 10.2. The van der Waals surface area contributed by atoms with E-state index in [0.29, 0.717) is 5.69 Å². The van der Waals surface area contributed by atoms with Gasteiger partial charge in [-0.25, -0.2) is 4.98 Å². The molecule has 19 heavy (non-hydrogen) atoms. The smallest absolute Gasteiger partial charge is 0.399 e. The fourth-order valence-corrected chi connectivity index (χ4v) is 1.66. The van der Waals surface area contributed by atoms with Crippen LogP contribution >= 0.6 is 0 Å². The zero-order valence-corrected chi connectivity index (χ0v) is 9.91. The predicted molar refractivity (Wildman–Crippen MR) is 67.4 cm³/mol. The number of alkyl halides is 3. The Bertz CT molecular complexity index is 567. The van der Waals surface area contributed by atoms with Gasteiger partial charge in [0.05, 0.1) is 5.56 Å². The predicted octanol–water partition coefficient (Wildman–Crippen LogP) is 3.29. The van der Waals surface area contributed by atoms with Gasteiger partial charge < -0.3 is 11.1 Å². The van der Waals surface area contributed by atoms with Gasteiger partial charge in [-0.2, -0.15) is 13.2 Å². The highest BCUT2D eigenvalue weighted by molar-refractivity contribution is 5.47. The standard InChI is InChI=1S/C13H12F3N3/c14-13(15,16)11-5-2-6-18-12(11)19-8-9-3-1-4-10(17)7-9/h1-7H,8,17H2,(H,18,19). The Hall–Kier alpha value is -2.24. The summed E-state index contributed by atoms with van der Waals surface area (Å²) < 4.78 is 38.2. The molecule has 0 aliphatic heterocycles. The third-order valence-corrected chi connectivity index (χ3v) is 2.52. The number of nitrogens with two attached hydrogens (primary N) is 1. The van der Waals surface area contributed by atoms with Gasteiger partial charge in [0.1, 0.15) is 5.82 Å². The molecule has 1 aromatic carbocycles. The minimum absolute atomic E-state index is 0.183. The first-order valence-electron chi connectivity index (χ1n) is 5.57. The van der Waals surface area contributed by atoms with Gasteiger partial charge in [-0.3, -0.25) is 0 Å². The lowest BCUT2D eigenvalue weighted by Crippen LogP contribution is -2.12. The van der Waals surface area contributed by atoms with Crippen molar-refractivity contribution < 1.29 is 13.2 Å². The van der Waals surface area contributed by atoms with Crippen LogP contribution in [0.2, 0.25) is 0 Å². The summed E-state index contributed by atoms with van der Waals surface area (Å²) in [5.41, 5.74) is 6.18. The highest BCUT2D eigenvalue weighted by Crippen LogP contribution is 2.33. The second-order valence-corrected chi connectivity index (χ2v) is 4.00. The number of nitrogen functional groups attached to an aromatic ring is 1. The summed E-state index contributed by atoms with van der Waals surface area (Å²) in [6.45, 7) is 0.227. The summed E-state index contributed by atoms with van der Waals surface area (Å²) in [5.74, 6) is -0.183. The molecule has 100 valence electrons. The zero-order valence-electron chi connectivity index (χ0n) is 9.91. The first kappa shape index (κ1) is 13.2. The highest BCUT2D eigenvalue weighted by atomic mass is 19.4. The van der Waals surface area contributed by atoms with Crippen LogP contribution in [0.25, 0.3) is 0 Å². The summed E-state index contributed by atoms with van der Waals surface area (Å²) >= 11 is 0. The van der Waals surface area contributed by atoms with Crippen LogP contribution in [-0.2, 0) is 12.7 Å². The average molecular weight is 267 g/mol. The fourth-order valence-electron chi connectivity index (χ4n) is 1.66. The number of benzene rings is 1. The number of nitrogens with one attached hydrogen (secondary N) is 1. The van der Waals surface area contributed by atoms with Gasteiger partial charge in [0, 0.05) is 18.4 Å². The van der Waals surface area contributed by atoms with Crippen molar-refractivity contribution in [1.82, 2.24) is 4.98 Å². The largest absolute Gasteiger partial charge is 0.419 e. The minimum atomic E-state index is -4.42. The lowest BCUT2D eigenvalue weighted by molar-refractivity contribution is -0.137. The number of anilines is 2. The third-order valence-electron chi connectivity index (χ3n) is 2.52. The van der Waals surface area contributed by atoms with Crippen molar-refractivity contribution in [1.29, 1.82) is 0 Å². The average Bonchev–Trinajstić information content (AvgIpc) is 2.36. The lowest BCUT2D eigenvalue weighted by Gasteiger charge is -2.13. The van der Waals surface area contributed by atoms with E-state index in [1.807, 2.05) is 0 Å². The van der Waals surface area contributed by atoms with Gasteiger partial charge >= 0.3 is 6.18 Å². The number of halogens is 3.